The van der Waals surface area contributed by atoms with Gasteiger partial charge in [-0.25, -0.2) is 0 Å². The molecule has 204 valence electrons. The highest BCUT2D eigenvalue weighted by molar-refractivity contribution is 9.10. The van der Waals surface area contributed by atoms with Gasteiger partial charge in [-0.3, -0.25) is 0 Å². The number of rotatable bonds is 27. The number of hydrogen-bond donors (Lipinski definition) is 1. The summed E-state index contributed by atoms with van der Waals surface area (Å²) in [5, 5.41) is 8.55. The third kappa shape index (κ3) is 23.3. The summed E-state index contributed by atoms with van der Waals surface area (Å²) in [4.78, 5) is 0. The molecule has 0 aliphatic heterocycles. The van der Waals surface area contributed by atoms with Crippen LogP contribution in [0.25, 0.3) is 0 Å². The van der Waals surface area contributed by atoms with Gasteiger partial charge in [0.15, 0.2) is 0 Å². The lowest BCUT2D eigenvalue weighted by Gasteiger charge is -2.09. The van der Waals surface area contributed by atoms with Crippen LogP contribution in [0.2, 0.25) is 0 Å². The average Bonchev–Trinajstić information content (AvgIpc) is 2.87. The van der Waals surface area contributed by atoms with Crippen LogP contribution < -0.4 is 4.74 Å². The fraction of sp³-hybridized carbons (Fsp3) is 0.750. The first-order valence-corrected chi connectivity index (χ1v) is 12.7. The molecule has 0 saturated carbocycles. The van der Waals surface area contributed by atoms with E-state index in [1.807, 2.05) is 24.3 Å². The minimum Gasteiger partial charge on any atom is -0.491 e. The maximum absolute atomic E-state index is 8.55. The predicted octanol–water partition coefficient (Wildman–Crippen LogP) is 1.95. The molecule has 1 rings (SSSR count). The molecule has 0 fully saturated rings. The molecular formula is C24H41BrO10. The fourth-order valence-electron chi connectivity index (χ4n) is 2.46. The summed E-state index contributed by atoms with van der Waals surface area (Å²) >= 11 is 3.39. The van der Waals surface area contributed by atoms with Crippen molar-refractivity contribution in [3.8, 4) is 5.75 Å². The van der Waals surface area contributed by atoms with Crippen molar-refractivity contribution in [2.45, 2.75) is 0 Å². The van der Waals surface area contributed by atoms with Gasteiger partial charge in [-0.05, 0) is 24.3 Å². The van der Waals surface area contributed by atoms with Crippen LogP contribution in [0.15, 0.2) is 28.7 Å². The van der Waals surface area contributed by atoms with Crippen molar-refractivity contribution in [2.75, 3.05) is 119 Å². The summed E-state index contributed by atoms with van der Waals surface area (Å²) in [5.74, 6) is 0.822. The van der Waals surface area contributed by atoms with Crippen molar-refractivity contribution in [2.24, 2.45) is 0 Å². The van der Waals surface area contributed by atoms with E-state index in [4.69, 9.17) is 47.7 Å². The summed E-state index contributed by atoms with van der Waals surface area (Å²) < 4.78 is 49.6. The SMILES string of the molecule is OCCOCCOCCOCCOCCOCCOCCOCCOCCOc1ccc(Br)cc1. The first-order chi connectivity index (χ1) is 17.3. The lowest BCUT2D eigenvalue weighted by molar-refractivity contribution is -0.0242. The minimum absolute atomic E-state index is 0.0289. The van der Waals surface area contributed by atoms with Gasteiger partial charge >= 0.3 is 0 Å². The molecule has 1 aromatic rings. The number of benzene rings is 1. The standard InChI is InChI=1S/C24H41BrO10/c25-23-1-3-24(4-2-23)35-22-21-34-20-19-33-18-17-32-16-15-31-14-13-30-12-11-29-10-9-28-8-7-27-6-5-26/h1-4,26H,5-22H2. The Morgan fingerprint density at radius 1 is 0.429 bits per heavy atom. The molecule has 0 amide bonds. The number of hydrogen-bond acceptors (Lipinski definition) is 10. The molecular weight excluding hydrogens is 528 g/mol. The van der Waals surface area contributed by atoms with Gasteiger partial charge in [-0.2, -0.15) is 0 Å². The summed E-state index contributed by atoms with van der Waals surface area (Å²) in [6.07, 6.45) is 0. The Hall–Kier alpha value is -0.860. The zero-order valence-corrected chi connectivity index (χ0v) is 22.1. The van der Waals surface area contributed by atoms with Crippen LogP contribution in [-0.2, 0) is 37.9 Å². The molecule has 0 heterocycles. The maximum Gasteiger partial charge on any atom is 0.119 e. The first kappa shape index (κ1) is 32.2. The van der Waals surface area contributed by atoms with Crippen molar-refractivity contribution >= 4 is 15.9 Å². The van der Waals surface area contributed by atoms with E-state index in [-0.39, 0.29) is 6.61 Å². The van der Waals surface area contributed by atoms with Crippen LogP contribution in [0.5, 0.6) is 5.75 Å². The molecule has 10 nitrogen and oxygen atoms in total. The molecule has 0 unspecified atom stereocenters. The van der Waals surface area contributed by atoms with Crippen molar-refractivity contribution in [3.05, 3.63) is 28.7 Å². The van der Waals surface area contributed by atoms with E-state index in [1.165, 1.54) is 0 Å². The van der Waals surface area contributed by atoms with Crippen LogP contribution in [0, 0.1) is 0 Å². The third-order valence-corrected chi connectivity index (χ3v) is 4.68. The van der Waals surface area contributed by atoms with Crippen molar-refractivity contribution < 1.29 is 47.7 Å². The quantitative estimate of drug-likeness (QED) is 0.158. The molecule has 0 saturated heterocycles. The molecule has 0 bridgehead atoms. The van der Waals surface area contributed by atoms with Crippen LogP contribution in [0.3, 0.4) is 0 Å². The van der Waals surface area contributed by atoms with Crippen molar-refractivity contribution in [1.29, 1.82) is 0 Å². The zero-order valence-electron chi connectivity index (χ0n) is 20.5. The van der Waals surface area contributed by atoms with Crippen LogP contribution in [-0.4, -0.2) is 124 Å². The van der Waals surface area contributed by atoms with E-state index >= 15 is 0 Å². The molecule has 0 aliphatic carbocycles. The number of ether oxygens (including phenoxy) is 9. The Morgan fingerprint density at radius 3 is 1.03 bits per heavy atom. The summed E-state index contributed by atoms with van der Waals surface area (Å²) in [5.41, 5.74) is 0. The highest BCUT2D eigenvalue weighted by atomic mass is 79.9. The fourth-order valence-corrected chi connectivity index (χ4v) is 2.72. The maximum atomic E-state index is 8.55. The second kappa shape index (κ2) is 26.2. The van der Waals surface area contributed by atoms with Gasteiger partial charge in [0.05, 0.1) is 112 Å². The summed E-state index contributed by atoms with van der Waals surface area (Å²) in [7, 11) is 0. The first-order valence-electron chi connectivity index (χ1n) is 11.9. The van der Waals surface area contributed by atoms with Gasteiger partial charge in [-0.1, -0.05) is 15.9 Å². The molecule has 11 heteroatoms. The second-order valence-corrected chi connectivity index (χ2v) is 7.84. The predicted molar refractivity (Wildman–Crippen MR) is 133 cm³/mol. The molecule has 0 aliphatic rings. The molecule has 0 radical (unpaired) electrons. The van der Waals surface area contributed by atoms with E-state index in [1.54, 1.807) is 0 Å². The van der Waals surface area contributed by atoms with Crippen molar-refractivity contribution in [1.82, 2.24) is 0 Å². The Labute approximate surface area is 217 Å². The second-order valence-electron chi connectivity index (χ2n) is 6.92. The molecule has 0 spiro atoms. The topological polar surface area (TPSA) is 103 Å². The minimum atomic E-state index is 0.0289. The molecule has 0 aromatic heterocycles. The Bertz CT molecular complexity index is 550. The molecule has 1 aromatic carbocycles. The molecule has 35 heavy (non-hydrogen) atoms. The molecule has 1 N–H and O–H groups in total. The summed E-state index contributed by atoms with van der Waals surface area (Å²) in [6, 6.07) is 7.69. The van der Waals surface area contributed by atoms with Crippen LogP contribution in [0.4, 0.5) is 0 Å². The van der Waals surface area contributed by atoms with E-state index in [0.717, 1.165) is 10.2 Å². The van der Waals surface area contributed by atoms with Crippen LogP contribution >= 0.6 is 15.9 Å². The van der Waals surface area contributed by atoms with Gasteiger partial charge < -0.3 is 47.7 Å². The number of aliphatic hydroxyl groups excluding tert-OH is 1. The van der Waals surface area contributed by atoms with E-state index in [2.05, 4.69) is 15.9 Å². The Kier molecular flexibility index (Phi) is 24.1. The van der Waals surface area contributed by atoms with E-state index in [0.29, 0.717) is 112 Å². The lowest BCUT2D eigenvalue weighted by Crippen LogP contribution is -2.15. The van der Waals surface area contributed by atoms with E-state index in [9.17, 15) is 0 Å². The van der Waals surface area contributed by atoms with Gasteiger partial charge in [0.2, 0.25) is 0 Å². The largest absolute Gasteiger partial charge is 0.491 e. The molecule has 0 atom stereocenters. The number of aliphatic hydroxyl groups is 1. The normalized spacial score (nSPS) is 11.3. The highest BCUT2D eigenvalue weighted by Crippen LogP contribution is 2.15. The smallest absolute Gasteiger partial charge is 0.119 e. The monoisotopic (exact) mass is 568 g/mol. The lowest BCUT2D eigenvalue weighted by atomic mass is 10.3. The van der Waals surface area contributed by atoms with Gasteiger partial charge in [0.25, 0.3) is 0 Å². The zero-order chi connectivity index (χ0) is 25.1. The van der Waals surface area contributed by atoms with Gasteiger partial charge in [0.1, 0.15) is 12.4 Å². The van der Waals surface area contributed by atoms with E-state index < -0.39 is 0 Å². The van der Waals surface area contributed by atoms with Crippen molar-refractivity contribution in [3.63, 3.8) is 0 Å². The van der Waals surface area contributed by atoms with Crippen LogP contribution in [0.1, 0.15) is 0 Å². The third-order valence-electron chi connectivity index (χ3n) is 4.15. The van der Waals surface area contributed by atoms with Gasteiger partial charge in [0, 0.05) is 4.47 Å². The van der Waals surface area contributed by atoms with Gasteiger partial charge in [-0.15, -0.1) is 0 Å². The Morgan fingerprint density at radius 2 is 0.714 bits per heavy atom. The summed E-state index contributed by atoms with van der Waals surface area (Å²) in [6.45, 7) is 8.53. The Balaban J connectivity index is 1.65. The average molecular weight is 569 g/mol. The number of halogens is 1. The highest BCUT2D eigenvalue weighted by Gasteiger charge is 1.96.